The fraction of sp³-hybridized carbons (Fsp3) is 0.545. The molecule has 0 N–H and O–H groups in total. The van der Waals surface area contributed by atoms with E-state index in [9.17, 15) is 9.59 Å². The number of imidazole rings is 1. The fourth-order valence-corrected chi connectivity index (χ4v) is 2.02. The zero-order valence-corrected chi connectivity index (χ0v) is 10.00. The van der Waals surface area contributed by atoms with Crippen molar-refractivity contribution < 1.29 is 18.9 Å². The zero-order valence-electron chi connectivity index (χ0n) is 10.00. The molecule has 0 spiro atoms. The summed E-state index contributed by atoms with van der Waals surface area (Å²) in [6.07, 6.45) is 5.87. The molecule has 6 nitrogen and oxygen atoms in total. The molecule has 1 saturated heterocycles. The third-order valence-corrected chi connectivity index (χ3v) is 2.98. The first-order valence-corrected chi connectivity index (χ1v) is 5.52. The minimum Gasteiger partial charge on any atom is -0.469 e. The van der Waals surface area contributed by atoms with Crippen LogP contribution in [0.3, 0.4) is 0 Å². The van der Waals surface area contributed by atoms with Gasteiger partial charge in [0.2, 0.25) is 0 Å². The summed E-state index contributed by atoms with van der Waals surface area (Å²) < 4.78 is 8.00. The van der Waals surface area contributed by atoms with Crippen molar-refractivity contribution in [2.24, 2.45) is 13.0 Å². The summed E-state index contributed by atoms with van der Waals surface area (Å²) in [4.78, 5) is 25.1. The standard InChI is InChI=1S/C11H16N3O3/c1-12-5-6-14(8-12)11(16)13-4-3-9(7-13)10(15)17-2/h5-6,8-9H,3-4,7H2,1-2H3/q+1. The number of rotatable bonds is 1. The van der Waals surface area contributed by atoms with E-state index in [-0.39, 0.29) is 17.9 Å². The van der Waals surface area contributed by atoms with Crippen molar-refractivity contribution >= 4 is 12.0 Å². The molecule has 2 rings (SSSR count). The van der Waals surface area contributed by atoms with E-state index in [1.165, 1.54) is 11.7 Å². The molecule has 0 radical (unpaired) electrons. The van der Waals surface area contributed by atoms with Gasteiger partial charge in [-0.05, 0) is 6.42 Å². The van der Waals surface area contributed by atoms with Gasteiger partial charge in [-0.25, -0.2) is 9.36 Å². The van der Waals surface area contributed by atoms with Crippen LogP contribution in [0.15, 0.2) is 18.7 Å². The quantitative estimate of drug-likeness (QED) is 0.502. The van der Waals surface area contributed by atoms with Crippen molar-refractivity contribution in [2.75, 3.05) is 20.2 Å². The van der Waals surface area contributed by atoms with Gasteiger partial charge in [0.15, 0.2) is 0 Å². The second-order valence-electron chi connectivity index (χ2n) is 4.22. The zero-order chi connectivity index (χ0) is 12.4. The van der Waals surface area contributed by atoms with Gasteiger partial charge in [-0.2, -0.15) is 4.57 Å². The van der Waals surface area contributed by atoms with Crippen LogP contribution in [0.1, 0.15) is 6.42 Å². The Kier molecular flexibility index (Phi) is 3.12. The Bertz CT molecular complexity index is 441. The maximum atomic E-state index is 12.0. The van der Waals surface area contributed by atoms with Crippen molar-refractivity contribution in [3.8, 4) is 0 Å². The number of aryl methyl sites for hydroxylation is 1. The van der Waals surface area contributed by atoms with Crippen LogP contribution < -0.4 is 4.57 Å². The number of hydrogen-bond donors (Lipinski definition) is 0. The molecule has 1 fully saturated rings. The first-order valence-electron chi connectivity index (χ1n) is 5.52. The lowest BCUT2D eigenvalue weighted by molar-refractivity contribution is -0.670. The Balaban J connectivity index is 2.01. The van der Waals surface area contributed by atoms with E-state index >= 15 is 0 Å². The molecular weight excluding hydrogens is 222 g/mol. The number of methoxy groups -OCH3 is 1. The maximum Gasteiger partial charge on any atom is 0.415 e. The second-order valence-corrected chi connectivity index (χ2v) is 4.22. The van der Waals surface area contributed by atoms with Gasteiger partial charge in [-0.1, -0.05) is 0 Å². The molecule has 0 aliphatic carbocycles. The topological polar surface area (TPSA) is 55.4 Å². The molecular formula is C11H16N3O3+. The number of esters is 1. The molecule has 1 aliphatic rings. The highest BCUT2D eigenvalue weighted by molar-refractivity contribution is 5.79. The Morgan fingerprint density at radius 1 is 1.47 bits per heavy atom. The fourth-order valence-electron chi connectivity index (χ4n) is 2.02. The van der Waals surface area contributed by atoms with Crippen LogP contribution in [0.2, 0.25) is 0 Å². The number of likely N-dealkylation sites (tertiary alicyclic amines) is 1. The summed E-state index contributed by atoms with van der Waals surface area (Å²) in [5, 5.41) is 0. The molecule has 92 valence electrons. The predicted molar refractivity (Wildman–Crippen MR) is 58.1 cm³/mol. The first-order chi connectivity index (χ1) is 8.11. The molecule has 0 bridgehead atoms. The lowest BCUT2D eigenvalue weighted by atomic mass is 10.1. The van der Waals surface area contributed by atoms with Gasteiger partial charge in [-0.3, -0.25) is 4.79 Å². The number of carbonyl (C=O) groups excluding carboxylic acids is 2. The summed E-state index contributed by atoms with van der Waals surface area (Å²) in [6.45, 7) is 1.04. The van der Waals surface area contributed by atoms with Crippen LogP contribution in [-0.2, 0) is 16.6 Å². The average molecular weight is 238 g/mol. The molecule has 1 aliphatic heterocycles. The second kappa shape index (κ2) is 4.57. The van der Waals surface area contributed by atoms with Crippen molar-refractivity contribution in [2.45, 2.75) is 6.42 Å². The Morgan fingerprint density at radius 2 is 2.24 bits per heavy atom. The number of nitrogens with zero attached hydrogens (tertiary/aromatic N) is 3. The Labute approximate surface area is 99.4 Å². The van der Waals surface area contributed by atoms with Gasteiger partial charge in [0.1, 0.15) is 12.4 Å². The van der Waals surface area contributed by atoms with Gasteiger partial charge >= 0.3 is 12.0 Å². The summed E-state index contributed by atoms with van der Waals surface area (Å²) in [5.74, 6) is -0.424. The lowest BCUT2D eigenvalue weighted by Crippen LogP contribution is -2.34. The third-order valence-electron chi connectivity index (χ3n) is 2.98. The molecule has 0 saturated carbocycles. The van der Waals surface area contributed by atoms with Gasteiger partial charge in [0.05, 0.1) is 20.1 Å². The molecule has 2 heterocycles. The van der Waals surface area contributed by atoms with E-state index in [0.717, 1.165) is 0 Å². The van der Waals surface area contributed by atoms with E-state index in [1.807, 2.05) is 7.05 Å². The number of amides is 1. The summed E-state index contributed by atoms with van der Waals surface area (Å²) in [7, 11) is 3.23. The van der Waals surface area contributed by atoms with E-state index in [1.54, 1.807) is 28.2 Å². The summed E-state index contributed by atoms with van der Waals surface area (Å²) in [5.41, 5.74) is 0. The summed E-state index contributed by atoms with van der Waals surface area (Å²) >= 11 is 0. The highest BCUT2D eigenvalue weighted by Crippen LogP contribution is 2.18. The van der Waals surface area contributed by atoms with E-state index in [0.29, 0.717) is 19.5 Å². The van der Waals surface area contributed by atoms with Crippen LogP contribution >= 0.6 is 0 Å². The predicted octanol–water partition coefficient (Wildman–Crippen LogP) is -0.224. The largest absolute Gasteiger partial charge is 0.469 e. The minimum atomic E-state index is -0.238. The van der Waals surface area contributed by atoms with Gasteiger partial charge in [0, 0.05) is 13.1 Å². The van der Waals surface area contributed by atoms with Crippen molar-refractivity contribution in [1.29, 1.82) is 0 Å². The van der Waals surface area contributed by atoms with E-state index < -0.39 is 0 Å². The monoisotopic (exact) mass is 238 g/mol. The highest BCUT2D eigenvalue weighted by atomic mass is 16.5. The molecule has 0 aromatic carbocycles. The first kappa shape index (κ1) is 11.6. The summed E-state index contributed by atoms with van der Waals surface area (Å²) in [6, 6.07) is -0.1000. The van der Waals surface area contributed by atoms with Gasteiger partial charge < -0.3 is 9.64 Å². The Hall–Kier alpha value is -1.85. The molecule has 1 aromatic rings. The number of ether oxygens (including phenoxy) is 1. The number of hydrogen-bond acceptors (Lipinski definition) is 3. The Morgan fingerprint density at radius 3 is 2.82 bits per heavy atom. The van der Waals surface area contributed by atoms with Crippen LogP contribution in [0.25, 0.3) is 0 Å². The molecule has 1 atom stereocenters. The van der Waals surface area contributed by atoms with Gasteiger partial charge in [-0.15, -0.1) is 0 Å². The molecule has 1 amide bonds. The molecule has 1 aromatic heterocycles. The highest BCUT2D eigenvalue weighted by Gasteiger charge is 2.34. The molecule has 1 unspecified atom stereocenters. The minimum absolute atomic E-state index is 0.1000. The molecule has 17 heavy (non-hydrogen) atoms. The normalized spacial score (nSPS) is 19.4. The van der Waals surface area contributed by atoms with Crippen LogP contribution in [-0.4, -0.2) is 41.7 Å². The number of carbonyl (C=O) groups is 2. The van der Waals surface area contributed by atoms with Crippen molar-refractivity contribution in [3.05, 3.63) is 18.7 Å². The van der Waals surface area contributed by atoms with E-state index in [4.69, 9.17) is 0 Å². The van der Waals surface area contributed by atoms with Crippen LogP contribution in [0.4, 0.5) is 4.79 Å². The molecule has 6 heteroatoms. The smallest absolute Gasteiger partial charge is 0.415 e. The van der Waals surface area contributed by atoms with E-state index in [2.05, 4.69) is 4.74 Å². The van der Waals surface area contributed by atoms with Crippen LogP contribution in [0.5, 0.6) is 0 Å². The van der Waals surface area contributed by atoms with Crippen LogP contribution in [0, 0.1) is 5.92 Å². The van der Waals surface area contributed by atoms with Gasteiger partial charge in [0.25, 0.3) is 6.33 Å². The lowest BCUT2D eigenvalue weighted by Gasteiger charge is -2.12. The maximum absolute atomic E-state index is 12.0. The third kappa shape index (κ3) is 2.30. The van der Waals surface area contributed by atoms with Crippen molar-refractivity contribution in [1.82, 2.24) is 9.47 Å². The number of aromatic nitrogens is 2. The van der Waals surface area contributed by atoms with Crippen molar-refractivity contribution in [3.63, 3.8) is 0 Å². The SMILES string of the molecule is COC(=O)C1CCN(C(=O)n2cc[n+](C)c2)C1. The average Bonchev–Trinajstić information content (AvgIpc) is 2.95.